The zero-order valence-electron chi connectivity index (χ0n) is 14.7. The second-order valence-corrected chi connectivity index (χ2v) is 6.50. The van der Waals surface area contributed by atoms with Gasteiger partial charge in [-0.15, -0.1) is 0 Å². The maximum atomic E-state index is 14.1. The number of aliphatic hydroxyl groups is 1. The van der Waals surface area contributed by atoms with E-state index in [1.807, 2.05) is 29.0 Å². The Morgan fingerprint density at radius 3 is 2.79 bits per heavy atom. The highest BCUT2D eigenvalue weighted by molar-refractivity contribution is 5.81. The largest absolute Gasteiger partial charge is 0.483 e. The second kappa shape index (κ2) is 7.63. The minimum absolute atomic E-state index is 0.0993. The molecular formula is C19H18FN3O5. The lowest BCUT2D eigenvalue weighted by molar-refractivity contribution is -0.122. The average Bonchev–Trinajstić information content (AvgIpc) is 3.40. The molecule has 146 valence electrons. The van der Waals surface area contributed by atoms with Gasteiger partial charge in [-0.1, -0.05) is 18.2 Å². The van der Waals surface area contributed by atoms with Crippen LogP contribution in [0, 0.1) is 5.82 Å². The van der Waals surface area contributed by atoms with Crippen molar-refractivity contribution in [1.29, 1.82) is 0 Å². The van der Waals surface area contributed by atoms with E-state index in [1.54, 1.807) is 12.3 Å². The molecule has 2 N–H and O–H groups in total. The van der Waals surface area contributed by atoms with Gasteiger partial charge in [-0.25, -0.2) is 14.4 Å². The molecule has 2 aromatic heterocycles. The van der Waals surface area contributed by atoms with Gasteiger partial charge < -0.3 is 24.3 Å². The Kier molecular flexibility index (Phi) is 5.03. The Bertz CT molecular complexity index is 995. The molecule has 0 amide bonds. The van der Waals surface area contributed by atoms with Crippen molar-refractivity contribution < 1.29 is 28.9 Å². The number of hydrogen-bond acceptors (Lipinski definition) is 6. The maximum Gasteiger partial charge on any atom is 0.290 e. The normalized spacial score (nSPS) is 25.9. The van der Waals surface area contributed by atoms with E-state index in [0.29, 0.717) is 23.6 Å². The molecule has 1 aromatic carbocycles. The molecule has 5 rings (SSSR count). The number of imidazole rings is 1. The van der Waals surface area contributed by atoms with Gasteiger partial charge in [0.25, 0.3) is 6.47 Å². The number of fused-ring (bicyclic) bond motifs is 2. The van der Waals surface area contributed by atoms with Crippen molar-refractivity contribution in [2.45, 2.75) is 24.4 Å². The first-order chi connectivity index (χ1) is 13.6. The first-order valence-electron chi connectivity index (χ1n) is 8.71. The number of ether oxygens (including phenoxy) is 2. The third kappa shape index (κ3) is 3.13. The number of carboxylic acid groups (broad SMARTS) is 1. The number of para-hydroxylation sites is 1. The monoisotopic (exact) mass is 387 g/mol. The van der Waals surface area contributed by atoms with Crippen LogP contribution in [0.25, 0.3) is 22.4 Å². The molecule has 8 nitrogen and oxygen atoms in total. The number of pyridine rings is 1. The van der Waals surface area contributed by atoms with Gasteiger partial charge >= 0.3 is 0 Å². The van der Waals surface area contributed by atoms with E-state index in [4.69, 9.17) is 19.4 Å². The number of halogens is 1. The zero-order valence-corrected chi connectivity index (χ0v) is 14.7. The summed E-state index contributed by atoms with van der Waals surface area (Å²) in [5, 5.41) is 17.6. The van der Waals surface area contributed by atoms with E-state index >= 15 is 0 Å². The van der Waals surface area contributed by atoms with Crippen molar-refractivity contribution in [1.82, 2.24) is 14.5 Å². The van der Waals surface area contributed by atoms with Crippen molar-refractivity contribution in [3.63, 3.8) is 0 Å². The minimum atomic E-state index is -0.602. The third-order valence-electron chi connectivity index (χ3n) is 4.93. The zero-order chi connectivity index (χ0) is 19.7. The van der Waals surface area contributed by atoms with E-state index in [2.05, 4.69) is 9.97 Å². The summed E-state index contributed by atoms with van der Waals surface area (Å²) in [6.07, 6.45) is 2.38. The van der Waals surface area contributed by atoms with Gasteiger partial charge in [0, 0.05) is 17.8 Å². The summed E-state index contributed by atoms with van der Waals surface area (Å²) in [7, 11) is 0. The van der Waals surface area contributed by atoms with E-state index in [-0.39, 0.29) is 37.1 Å². The quantitative estimate of drug-likeness (QED) is 0.644. The molecule has 0 aliphatic carbocycles. The topological polar surface area (TPSA) is 107 Å². The Morgan fingerprint density at radius 2 is 1.96 bits per heavy atom. The van der Waals surface area contributed by atoms with E-state index < -0.39 is 6.10 Å². The summed E-state index contributed by atoms with van der Waals surface area (Å²) in [5.74, 6) is 0.272. The summed E-state index contributed by atoms with van der Waals surface area (Å²) in [6.45, 7) is 0.451. The first-order valence-corrected chi connectivity index (χ1v) is 8.71. The lowest BCUT2D eigenvalue weighted by Gasteiger charge is -2.19. The third-order valence-corrected chi connectivity index (χ3v) is 4.93. The lowest BCUT2D eigenvalue weighted by Crippen LogP contribution is -2.30. The highest BCUT2D eigenvalue weighted by atomic mass is 19.1. The van der Waals surface area contributed by atoms with E-state index in [0.717, 1.165) is 5.39 Å². The van der Waals surface area contributed by atoms with E-state index in [1.165, 1.54) is 6.07 Å². The summed E-state index contributed by atoms with van der Waals surface area (Å²) in [5.41, 5.74) is 0.909. The number of aromatic nitrogens is 3. The summed E-state index contributed by atoms with van der Waals surface area (Å²) in [6, 6.07) is 8.46. The fourth-order valence-electron chi connectivity index (χ4n) is 3.71. The molecular weight excluding hydrogens is 369 g/mol. The lowest BCUT2D eigenvalue weighted by atomic mass is 10.1. The molecule has 2 aliphatic heterocycles. The van der Waals surface area contributed by atoms with Crippen molar-refractivity contribution in [2.75, 3.05) is 13.2 Å². The maximum absolute atomic E-state index is 14.1. The van der Waals surface area contributed by atoms with Gasteiger partial charge in [0.15, 0.2) is 5.82 Å². The second-order valence-electron chi connectivity index (χ2n) is 6.50. The molecule has 3 aromatic rings. The minimum Gasteiger partial charge on any atom is -0.483 e. The molecule has 2 fully saturated rings. The van der Waals surface area contributed by atoms with Crippen LogP contribution in [0.5, 0.6) is 0 Å². The van der Waals surface area contributed by atoms with Crippen LogP contribution < -0.4 is 0 Å². The van der Waals surface area contributed by atoms with Crippen LogP contribution >= 0.6 is 0 Å². The number of rotatable bonds is 2. The number of nitrogens with zero attached hydrogens (tertiary/aromatic N) is 3. The Hall–Kier alpha value is -2.88. The molecule has 4 heterocycles. The molecule has 0 unspecified atom stereocenters. The SMILES string of the molecule is O=CO.O[C@@H]1CO[C@H]2[C@@H]1OC[C@H]2n1ccnc1-c1ccc2cccc(F)c2n1. The van der Waals surface area contributed by atoms with Gasteiger partial charge in [0.1, 0.15) is 35.3 Å². The number of benzene rings is 1. The molecule has 2 saturated heterocycles. The number of aliphatic hydroxyl groups excluding tert-OH is 1. The Morgan fingerprint density at radius 1 is 1.18 bits per heavy atom. The van der Waals surface area contributed by atoms with Gasteiger partial charge in [-0.3, -0.25) is 4.79 Å². The predicted molar refractivity (Wildman–Crippen MR) is 96.1 cm³/mol. The van der Waals surface area contributed by atoms with Gasteiger partial charge in [0.2, 0.25) is 0 Å². The Labute approximate surface area is 159 Å². The number of carbonyl (C=O) groups is 1. The highest BCUT2D eigenvalue weighted by Crippen LogP contribution is 2.36. The van der Waals surface area contributed by atoms with Gasteiger partial charge in [-0.2, -0.15) is 0 Å². The fourth-order valence-corrected chi connectivity index (χ4v) is 3.71. The van der Waals surface area contributed by atoms with Crippen LogP contribution in [0.4, 0.5) is 4.39 Å². The molecule has 9 heteroatoms. The van der Waals surface area contributed by atoms with Crippen molar-refractivity contribution >= 4 is 17.4 Å². The van der Waals surface area contributed by atoms with Crippen molar-refractivity contribution in [2.24, 2.45) is 0 Å². The highest BCUT2D eigenvalue weighted by Gasteiger charge is 2.48. The average molecular weight is 387 g/mol. The van der Waals surface area contributed by atoms with Crippen molar-refractivity contribution in [3.8, 4) is 11.5 Å². The summed E-state index contributed by atoms with van der Waals surface area (Å²) >= 11 is 0. The Balaban J connectivity index is 0.000000604. The smallest absolute Gasteiger partial charge is 0.290 e. The molecule has 28 heavy (non-hydrogen) atoms. The molecule has 0 radical (unpaired) electrons. The molecule has 4 atom stereocenters. The summed E-state index contributed by atoms with van der Waals surface area (Å²) < 4.78 is 27.4. The summed E-state index contributed by atoms with van der Waals surface area (Å²) in [4.78, 5) is 17.2. The van der Waals surface area contributed by atoms with Crippen LogP contribution in [0.15, 0.2) is 42.7 Å². The first kappa shape index (κ1) is 18.5. The standard InChI is InChI=1S/C18H16FN3O3.CH2O2/c19-11-3-1-2-10-4-5-12(21-15(10)11)18-20-6-7-22(18)13-8-24-17-14(23)9-25-16(13)17;2-1-3/h1-7,13-14,16-17,23H,8-9H2;1H,(H,2,3)/t13-,14-,16-,17-;/m1./s1. The predicted octanol–water partition coefficient (Wildman–Crippen LogP) is 1.64. The van der Waals surface area contributed by atoms with Crippen LogP contribution in [0.1, 0.15) is 6.04 Å². The van der Waals surface area contributed by atoms with E-state index in [9.17, 15) is 9.50 Å². The van der Waals surface area contributed by atoms with Crippen LogP contribution in [-0.2, 0) is 14.3 Å². The fraction of sp³-hybridized carbons (Fsp3) is 0.316. The molecule has 0 bridgehead atoms. The molecule has 0 saturated carbocycles. The molecule has 0 spiro atoms. The van der Waals surface area contributed by atoms with Crippen molar-refractivity contribution in [3.05, 3.63) is 48.5 Å². The number of hydrogen-bond donors (Lipinski definition) is 2. The molecule has 2 aliphatic rings. The van der Waals surface area contributed by atoms with Crippen LogP contribution in [0.3, 0.4) is 0 Å². The van der Waals surface area contributed by atoms with Gasteiger partial charge in [-0.05, 0) is 12.1 Å². The van der Waals surface area contributed by atoms with Gasteiger partial charge in [0.05, 0.1) is 19.3 Å². The van der Waals surface area contributed by atoms with Crippen LogP contribution in [-0.4, -0.2) is 62.7 Å². The van der Waals surface area contributed by atoms with Crippen LogP contribution in [0.2, 0.25) is 0 Å².